The van der Waals surface area contributed by atoms with Crippen molar-refractivity contribution in [1.29, 1.82) is 0 Å². The zero-order chi connectivity index (χ0) is 14.3. The number of hydrogen-bond acceptors (Lipinski definition) is 7. The summed E-state index contributed by atoms with van der Waals surface area (Å²) in [5.74, 6) is 1.50. The van der Waals surface area contributed by atoms with E-state index in [1.54, 1.807) is 11.8 Å². The molecule has 0 aromatic carbocycles. The summed E-state index contributed by atoms with van der Waals surface area (Å²) < 4.78 is 23.9. The molecule has 1 saturated heterocycles. The van der Waals surface area contributed by atoms with Gasteiger partial charge in [-0.25, -0.2) is 13.4 Å². The van der Waals surface area contributed by atoms with Gasteiger partial charge < -0.3 is 10.0 Å². The summed E-state index contributed by atoms with van der Waals surface area (Å²) in [6.07, 6.45) is 3.47. The predicted octanol–water partition coefficient (Wildman–Crippen LogP) is 1.44. The zero-order valence-corrected chi connectivity index (χ0v) is 13.7. The third-order valence-electron chi connectivity index (χ3n) is 3.73. The van der Waals surface area contributed by atoms with E-state index in [1.165, 1.54) is 17.6 Å². The molecule has 1 aromatic heterocycles. The molecule has 2 unspecified atom stereocenters. The molecule has 1 aromatic rings. The highest BCUT2D eigenvalue weighted by atomic mass is 32.2. The molecule has 2 atom stereocenters. The molecule has 2 aliphatic rings. The second-order valence-electron chi connectivity index (χ2n) is 5.27. The third-order valence-corrected chi connectivity index (χ3v) is 7.61. The Bertz CT molecular complexity index is 599. The van der Waals surface area contributed by atoms with Gasteiger partial charge >= 0.3 is 0 Å². The topological polar surface area (TPSA) is 70.5 Å². The summed E-state index contributed by atoms with van der Waals surface area (Å²) in [7, 11) is -3.13. The van der Waals surface area contributed by atoms with Gasteiger partial charge in [-0.15, -0.1) is 0 Å². The fourth-order valence-electron chi connectivity index (χ4n) is 2.66. The van der Waals surface area contributed by atoms with Crippen LogP contribution in [0.15, 0.2) is 0 Å². The van der Waals surface area contributed by atoms with E-state index in [0.29, 0.717) is 12.3 Å². The lowest BCUT2D eigenvalue weighted by Crippen LogP contribution is -2.47. The van der Waals surface area contributed by atoms with Gasteiger partial charge in [-0.05, 0) is 19.3 Å². The maximum atomic E-state index is 11.9. The number of anilines is 1. The molecule has 1 aliphatic carbocycles. The summed E-state index contributed by atoms with van der Waals surface area (Å²) in [4.78, 5) is 7.43. The van der Waals surface area contributed by atoms with Crippen molar-refractivity contribution in [3.63, 3.8) is 0 Å². The quantitative estimate of drug-likeness (QED) is 0.882. The number of rotatable bonds is 2. The van der Waals surface area contributed by atoms with Gasteiger partial charge in [0.1, 0.15) is 5.37 Å². The average molecular weight is 334 g/mol. The highest BCUT2D eigenvalue weighted by Crippen LogP contribution is 2.39. The minimum Gasteiger partial charge on any atom is -0.388 e. The van der Waals surface area contributed by atoms with Crippen molar-refractivity contribution in [3.8, 4) is 0 Å². The van der Waals surface area contributed by atoms with Crippen molar-refractivity contribution < 1.29 is 13.5 Å². The second-order valence-corrected chi connectivity index (χ2v) is 9.63. The standard InChI is InChI=1S/C12H18N2O3S3/c1-20(16,17)10-7-18-6-5-14(10)12-13-8-3-2-4-9(15)11(8)19-12/h9-10,15H,2-7H2,1H3. The Morgan fingerprint density at radius 2 is 2.25 bits per heavy atom. The van der Waals surface area contributed by atoms with Crippen LogP contribution in [0.5, 0.6) is 0 Å². The van der Waals surface area contributed by atoms with Crippen molar-refractivity contribution >= 4 is 38.1 Å². The predicted molar refractivity (Wildman–Crippen MR) is 83.3 cm³/mol. The number of thioether (sulfide) groups is 1. The first-order valence-electron chi connectivity index (χ1n) is 6.68. The SMILES string of the molecule is CS(=O)(=O)C1CSCCN1c1nc2c(s1)C(O)CCC2. The highest BCUT2D eigenvalue weighted by molar-refractivity contribution is 8.01. The number of thiazole rings is 1. The molecule has 5 nitrogen and oxygen atoms in total. The number of aliphatic hydroxyl groups is 1. The Hall–Kier alpha value is -0.310. The van der Waals surface area contributed by atoms with Crippen LogP contribution >= 0.6 is 23.1 Å². The molecule has 0 saturated carbocycles. The van der Waals surface area contributed by atoms with Crippen LogP contribution in [-0.2, 0) is 16.3 Å². The largest absolute Gasteiger partial charge is 0.388 e. The van der Waals surface area contributed by atoms with Gasteiger partial charge in [0.25, 0.3) is 0 Å². The van der Waals surface area contributed by atoms with Crippen LogP contribution in [0, 0.1) is 0 Å². The lowest BCUT2D eigenvalue weighted by molar-refractivity contribution is 0.160. The Labute approximate surface area is 127 Å². The molecule has 20 heavy (non-hydrogen) atoms. The molecule has 1 aliphatic heterocycles. The minimum absolute atomic E-state index is 0.430. The summed E-state index contributed by atoms with van der Waals surface area (Å²) in [5, 5.41) is 10.3. The summed E-state index contributed by atoms with van der Waals surface area (Å²) in [6.45, 7) is 0.699. The van der Waals surface area contributed by atoms with E-state index >= 15 is 0 Å². The molecule has 2 heterocycles. The maximum absolute atomic E-state index is 11.9. The Kier molecular flexibility index (Phi) is 4.00. The normalized spacial score (nSPS) is 27.4. The first kappa shape index (κ1) is 14.6. The van der Waals surface area contributed by atoms with Crippen molar-refractivity contribution in [2.45, 2.75) is 30.7 Å². The van der Waals surface area contributed by atoms with Crippen LogP contribution in [0.25, 0.3) is 0 Å². The first-order valence-corrected chi connectivity index (χ1v) is 10.6. The molecule has 0 amide bonds. The van der Waals surface area contributed by atoms with Crippen LogP contribution < -0.4 is 4.90 Å². The molecule has 1 fully saturated rings. The maximum Gasteiger partial charge on any atom is 0.187 e. The van der Waals surface area contributed by atoms with Crippen molar-refractivity contribution in [2.24, 2.45) is 0 Å². The fourth-order valence-corrected chi connectivity index (χ4v) is 6.75. The van der Waals surface area contributed by atoms with Crippen molar-refractivity contribution in [2.75, 3.05) is 29.2 Å². The van der Waals surface area contributed by atoms with E-state index in [0.717, 1.165) is 40.7 Å². The van der Waals surface area contributed by atoms with Crippen LogP contribution in [0.2, 0.25) is 0 Å². The molecular weight excluding hydrogens is 316 g/mol. The van der Waals surface area contributed by atoms with Crippen LogP contribution in [0.1, 0.15) is 29.5 Å². The number of nitrogens with zero attached hydrogens (tertiary/aromatic N) is 2. The summed E-state index contributed by atoms with van der Waals surface area (Å²) in [5.41, 5.74) is 0.953. The Balaban J connectivity index is 1.95. The van der Waals surface area contributed by atoms with E-state index < -0.39 is 21.3 Å². The number of aliphatic hydroxyl groups excluding tert-OH is 1. The van der Waals surface area contributed by atoms with Crippen LogP contribution in [-0.4, -0.2) is 48.2 Å². The number of fused-ring (bicyclic) bond motifs is 1. The molecule has 0 radical (unpaired) electrons. The van der Waals surface area contributed by atoms with E-state index in [4.69, 9.17) is 0 Å². The van der Waals surface area contributed by atoms with E-state index in [1.807, 2.05) is 4.90 Å². The second kappa shape index (κ2) is 5.47. The monoisotopic (exact) mass is 334 g/mol. The number of aryl methyl sites for hydroxylation is 1. The minimum atomic E-state index is -3.13. The van der Waals surface area contributed by atoms with E-state index in [2.05, 4.69) is 4.98 Å². The highest BCUT2D eigenvalue weighted by Gasteiger charge is 2.34. The summed E-state index contributed by atoms with van der Waals surface area (Å²) in [6, 6.07) is 0. The van der Waals surface area contributed by atoms with E-state index in [-0.39, 0.29) is 0 Å². The number of aromatic nitrogens is 1. The number of sulfone groups is 1. The van der Waals surface area contributed by atoms with Crippen LogP contribution in [0.4, 0.5) is 5.13 Å². The van der Waals surface area contributed by atoms with E-state index in [9.17, 15) is 13.5 Å². The number of hydrogen-bond donors (Lipinski definition) is 1. The molecule has 8 heteroatoms. The van der Waals surface area contributed by atoms with Gasteiger partial charge in [0.2, 0.25) is 0 Å². The first-order chi connectivity index (χ1) is 9.47. The Morgan fingerprint density at radius 3 is 2.95 bits per heavy atom. The molecule has 1 N–H and O–H groups in total. The van der Waals surface area contributed by atoms with Gasteiger partial charge in [0.15, 0.2) is 15.0 Å². The molecule has 112 valence electrons. The molecule has 0 spiro atoms. The van der Waals surface area contributed by atoms with Gasteiger partial charge in [0.05, 0.1) is 16.7 Å². The molecule has 0 bridgehead atoms. The average Bonchev–Trinajstić information content (AvgIpc) is 2.83. The fraction of sp³-hybridized carbons (Fsp3) is 0.750. The van der Waals surface area contributed by atoms with Gasteiger partial charge in [-0.2, -0.15) is 11.8 Å². The lowest BCUT2D eigenvalue weighted by Gasteiger charge is -2.33. The van der Waals surface area contributed by atoms with Gasteiger partial charge in [0, 0.05) is 24.3 Å². The van der Waals surface area contributed by atoms with Crippen molar-refractivity contribution in [3.05, 3.63) is 10.6 Å². The zero-order valence-electron chi connectivity index (χ0n) is 11.3. The smallest absolute Gasteiger partial charge is 0.187 e. The summed E-state index contributed by atoms with van der Waals surface area (Å²) >= 11 is 3.13. The molecular formula is C12H18N2O3S3. The van der Waals surface area contributed by atoms with Crippen molar-refractivity contribution in [1.82, 2.24) is 4.98 Å². The Morgan fingerprint density at radius 1 is 1.45 bits per heavy atom. The molecule has 3 rings (SSSR count). The van der Waals surface area contributed by atoms with Gasteiger partial charge in [-0.1, -0.05) is 11.3 Å². The van der Waals surface area contributed by atoms with Crippen LogP contribution in [0.3, 0.4) is 0 Å². The lowest BCUT2D eigenvalue weighted by atomic mass is 10.0. The third kappa shape index (κ3) is 2.70. The van der Waals surface area contributed by atoms with Gasteiger partial charge in [-0.3, -0.25) is 0 Å².